The van der Waals surface area contributed by atoms with Crippen molar-refractivity contribution in [3.8, 4) is 0 Å². The SMILES string of the molecule is Cn1nccc1CCC(=O)N1C[C@@H](Cc2ccncc2)[C@@H](O)C1. The molecule has 23 heavy (non-hydrogen) atoms. The maximum atomic E-state index is 12.4. The predicted octanol–water partition coefficient (Wildman–Crippen LogP) is 0.810. The summed E-state index contributed by atoms with van der Waals surface area (Å²) in [6.45, 7) is 1.05. The van der Waals surface area contributed by atoms with Crippen LogP contribution in [-0.4, -0.2) is 49.9 Å². The van der Waals surface area contributed by atoms with Crippen molar-refractivity contribution in [2.75, 3.05) is 13.1 Å². The lowest BCUT2D eigenvalue weighted by atomic mass is 9.97. The molecule has 122 valence electrons. The molecule has 0 radical (unpaired) electrons. The third-order valence-corrected chi connectivity index (χ3v) is 4.52. The van der Waals surface area contributed by atoms with Gasteiger partial charge in [0.25, 0.3) is 0 Å². The van der Waals surface area contributed by atoms with Crippen LogP contribution in [-0.2, 0) is 24.7 Å². The number of β-amino-alcohol motifs (C(OH)–C–C–N with tert-alkyl or cyclic N) is 1. The van der Waals surface area contributed by atoms with Crippen LogP contribution in [0.25, 0.3) is 0 Å². The Morgan fingerprint density at radius 1 is 1.26 bits per heavy atom. The lowest BCUT2D eigenvalue weighted by molar-refractivity contribution is -0.130. The molecule has 1 saturated heterocycles. The molecular formula is C17H22N4O2. The van der Waals surface area contributed by atoms with Crippen LogP contribution in [0.2, 0.25) is 0 Å². The number of pyridine rings is 1. The monoisotopic (exact) mass is 314 g/mol. The van der Waals surface area contributed by atoms with Crippen molar-refractivity contribution in [3.63, 3.8) is 0 Å². The Balaban J connectivity index is 1.53. The van der Waals surface area contributed by atoms with Gasteiger partial charge < -0.3 is 10.0 Å². The maximum Gasteiger partial charge on any atom is 0.223 e. The number of aryl methyl sites for hydroxylation is 2. The van der Waals surface area contributed by atoms with Gasteiger partial charge in [-0.1, -0.05) is 0 Å². The summed E-state index contributed by atoms with van der Waals surface area (Å²) in [5, 5.41) is 14.4. The highest BCUT2D eigenvalue weighted by Crippen LogP contribution is 2.22. The zero-order valence-corrected chi connectivity index (χ0v) is 13.3. The standard InChI is InChI=1S/C17H22N4O2/c1-20-15(6-9-19-20)2-3-17(23)21-11-14(16(22)12-21)10-13-4-7-18-8-5-13/h4-9,14,16,22H,2-3,10-12H2,1H3/t14-,16+/m1/s1. The maximum absolute atomic E-state index is 12.4. The Bertz CT molecular complexity index is 656. The van der Waals surface area contributed by atoms with Crippen LogP contribution in [0.5, 0.6) is 0 Å². The number of aliphatic hydroxyl groups is 1. The Labute approximate surface area is 135 Å². The highest BCUT2D eigenvalue weighted by molar-refractivity contribution is 5.76. The molecule has 2 aromatic rings. The first-order valence-electron chi connectivity index (χ1n) is 7.95. The van der Waals surface area contributed by atoms with Crippen LogP contribution in [0.1, 0.15) is 17.7 Å². The summed E-state index contributed by atoms with van der Waals surface area (Å²) >= 11 is 0. The number of rotatable bonds is 5. The largest absolute Gasteiger partial charge is 0.391 e. The topological polar surface area (TPSA) is 71.2 Å². The fraction of sp³-hybridized carbons (Fsp3) is 0.471. The van der Waals surface area contributed by atoms with Gasteiger partial charge in [0.05, 0.1) is 6.10 Å². The van der Waals surface area contributed by atoms with Crippen molar-refractivity contribution in [3.05, 3.63) is 48.0 Å². The number of hydrogen-bond donors (Lipinski definition) is 1. The molecule has 0 bridgehead atoms. The van der Waals surface area contributed by atoms with Crippen LogP contribution in [0, 0.1) is 5.92 Å². The number of amides is 1. The first-order chi connectivity index (χ1) is 11.1. The van der Waals surface area contributed by atoms with E-state index in [1.54, 1.807) is 28.2 Å². The molecule has 3 rings (SSSR count). The van der Waals surface area contributed by atoms with Gasteiger partial charge in [-0.15, -0.1) is 0 Å². The summed E-state index contributed by atoms with van der Waals surface area (Å²) in [6.07, 6.45) is 6.70. The van der Waals surface area contributed by atoms with Gasteiger partial charge in [-0.3, -0.25) is 14.5 Å². The lowest BCUT2D eigenvalue weighted by Crippen LogP contribution is -2.29. The van der Waals surface area contributed by atoms with Crippen LogP contribution in [0.15, 0.2) is 36.8 Å². The molecular weight excluding hydrogens is 292 g/mol. The van der Waals surface area contributed by atoms with E-state index in [0.29, 0.717) is 25.9 Å². The van der Waals surface area contributed by atoms with Crippen LogP contribution in [0.4, 0.5) is 0 Å². The number of carbonyl (C=O) groups excluding carboxylic acids is 1. The Morgan fingerprint density at radius 3 is 2.74 bits per heavy atom. The molecule has 0 aliphatic carbocycles. The summed E-state index contributed by atoms with van der Waals surface area (Å²) in [6, 6.07) is 5.84. The van der Waals surface area contributed by atoms with E-state index < -0.39 is 6.10 Å². The highest BCUT2D eigenvalue weighted by atomic mass is 16.3. The average Bonchev–Trinajstić information content (AvgIpc) is 3.12. The second-order valence-corrected chi connectivity index (χ2v) is 6.13. The van der Waals surface area contributed by atoms with E-state index in [1.807, 2.05) is 25.2 Å². The van der Waals surface area contributed by atoms with Gasteiger partial charge in [0.15, 0.2) is 0 Å². The second-order valence-electron chi connectivity index (χ2n) is 6.13. The van der Waals surface area contributed by atoms with Crippen molar-refractivity contribution in [2.45, 2.75) is 25.4 Å². The third kappa shape index (κ3) is 3.76. The van der Waals surface area contributed by atoms with E-state index in [-0.39, 0.29) is 11.8 Å². The third-order valence-electron chi connectivity index (χ3n) is 4.52. The number of nitrogens with zero attached hydrogens (tertiary/aromatic N) is 4. The smallest absolute Gasteiger partial charge is 0.223 e. The molecule has 2 aromatic heterocycles. The molecule has 3 heterocycles. The van der Waals surface area contributed by atoms with Crippen molar-refractivity contribution in [1.82, 2.24) is 19.7 Å². The van der Waals surface area contributed by atoms with Crippen LogP contribution >= 0.6 is 0 Å². The molecule has 6 nitrogen and oxygen atoms in total. The molecule has 1 amide bonds. The minimum absolute atomic E-state index is 0.0954. The summed E-state index contributed by atoms with van der Waals surface area (Å²) < 4.78 is 1.79. The van der Waals surface area contributed by atoms with Crippen molar-refractivity contribution < 1.29 is 9.90 Å². The Kier molecular flexibility index (Phi) is 4.71. The van der Waals surface area contributed by atoms with Crippen LogP contribution in [0.3, 0.4) is 0 Å². The van der Waals surface area contributed by atoms with Gasteiger partial charge in [0, 0.05) is 56.8 Å². The fourth-order valence-electron chi connectivity index (χ4n) is 3.12. The average molecular weight is 314 g/mol. The van der Waals surface area contributed by atoms with Crippen molar-refractivity contribution >= 4 is 5.91 Å². The summed E-state index contributed by atoms with van der Waals surface area (Å²) in [4.78, 5) is 18.2. The van der Waals surface area contributed by atoms with Gasteiger partial charge in [-0.2, -0.15) is 5.10 Å². The van der Waals surface area contributed by atoms with E-state index in [4.69, 9.17) is 0 Å². The zero-order chi connectivity index (χ0) is 16.2. The van der Waals surface area contributed by atoms with E-state index in [0.717, 1.165) is 17.7 Å². The van der Waals surface area contributed by atoms with Gasteiger partial charge >= 0.3 is 0 Å². The Morgan fingerprint density at radius 2 is 2.04 bits per heavy atom. The van der Waals surface area contributed by atoms with E-state index in [9.17, 15) is 9.90 Å². The molecule has 0 spiro atoms. The highest BCUT2D eigenvalue weighted by Gasteiger charge is 2.33. The number of aliphatic hydroxyl groups excluding tert-OH is 1. The number of hydrogen-bond acceptors (Lipinski definition) is 4. The summed E-state index contributed by atoms with van der Waals surface area (Å²) in [5.41, 5.74) is 2.19. The van der Waals surface area contributed by atoms with Crippen molar-refractivity contribution in [1.29, 1.82) is 0 Å². The van der Waals surface area contributed by atoms with Crippen molar-refractivity contribution in [2.24, 2.45) is 13.0 Å². The van der Waals surface area contributed by atoms with E-state index in [1.165, 1.54) is 0 Å². The minimum atomic E-state index is -0.455. The van der Waals surface area contributed by atoms with Gasteiger partial charge in [-0.25, -0.2) is 0 Å². The first-order valence-corrected chi connectivity index (χ1v) is 7.95. The minimum Gasteiger partial charge on any atom is -0.391 e. The molecule has 0 aromatic carbocycles. The quantitative estimate of drug-likeness (QED) is 0.886. The van der Waals surface area contributed by atoms with Crippen LogP contribution < -0.4 is 0 Å². The van der Waals surface area contributed by atoms with E-state index in [2.05, 4.69) is 10.1 Å². The van der Waals surface area contributed by atoms with E-state index >= 15 is 0 Å². The molecule has 6 heteroatoms. The van der Waals surface area contributed by atoms with Gasteiger partial charge in [0.2, 0.25) is 5.91 Å². The molecule has 1 N–H and O–H groups in total. The van der Waals surface area contributed by atoms with Gasteiger partial charge in [0.1, 0.15) is 0 Å². The summed E-state index contributed by atoms with van der Waals surface area (Å²) in [5.74, 6) is 0.195. The molecule has 1 aliphatic heterocycles. The Hall–Kier alpha value is -2.21. The summed E-state index contributed by atoms with van der Waals surface area (Å²) in [7, 11) is 1.88. The first kappa shape index (κ1) is 15.7. The lowest BCUT2D eigenvalue weighted by Gasteiger charge is -2.16. The number of aromatic nitrogens is 3. The molecule has 0 saturated carbocycles. The normalized spacial score (nSPS) is 20.9. The fourth-order valence-corrected chi connectivity index (χ4v) is 3.12. The molecule has 2 atom stereocenters. The molecule has 1 aliphatic rings. The zero-order valence-electron chi connectivity index (χ0n) is 13.3. The predicted molar refractivity (Wildman–Crippen MR) is 85.5 cm³/mol. The van der Waals surface area contributed by atoms with Gasteiger partial charge in [-0.05, 0) is 36.6 Å². The number of carbonyl (C=O) groups is 1. The molecule has 0 unspecified atom stereocenters. The number of likely N-dealkylation sites (tertiary alicyclic amines) is 1. The second kappa shape index (κ2) is 6.91. The molecule has 1 fully saturated rings.